The fraction of sp³-hybridized carbons (Fsp3) is 0.333. The van der Waals surface area contributed by atoms with Crippen molar-refractivity contribution in [3.8, 4) is 11.3 Å². The van der Waals surface area contributed by atoms with E-state index >= 15 is 0 Å². The highest BCUT2D eigenvalue weighted by Crippen LogP contribution is 2.39. The van der Waals surface area contributed by atoms with E-state index in [0.29, 0.717) is 6.42 Å². The summed E-state index contributed by atoms with van der Waals surface area (Å²) in [7, 11) is 0. The van der Waals surface area contributed by atoms with Gasteiger partial charge in [0.2, 0.25) is 0 Å². The van der Waals surface area contributed by atoms with E-state index in [0.717, 1.165) is 17.0 Å². The zero-order chi connectivity index (χ0) is 25.8. The molecule has 0 aliphatic carbocycles. The molecule has 0 saturated carbocycles. The van der Waals surface area contributed by atoms with Gasteiger partial charge in [-0.05, 0) is 24.3 Å². The van der Waals surface area contributed by atoms with Crippen molar-refractivity contribution in [1.82, 2.24) is 15.0 Å². The van der Waals surface area contributed by atoms with Crippen molar-refractivity contribution in [2.24, 2.45) is 0 Å². The second-order valence-electron chi connectivity index (χ2n) is 8.05. The van der Waals surface area contributed by atoms with E-state index in [-0.39, 0.29) is 17.9 Å². The van der Waals surface area contributed by atoms with Gasteiger partial charge in [0.25, 0.3) is 0 Å². The summed E-state index contributed by atoms with van der Waals surface area (Å²) in [5.74, 6) is -5.41. The molecule has 0 unspecified atom stereocenters. The van der Waals surface area contributed by atoms with Crippen LogP contribution in [0.25, 0.3) is 11.3 Å². The minimum Gasteiger partial charge on any atom is -0.463 e. The largest absolute Gasteiger partial charge is 0.463 e. The molecule has 2 aromatic carbocycles. The number of ether oxygens (including phenoxy) is 3. The summed E-state index contributed by atoms with van der Waals surface area (Å²) < 4.78 is 59.2. The van der Waals surface area contributed by atoms with Gasteiger partial charge in [0.1, 0.15) is 23.8 Å². The van der Waals surface area contributed by atoms with E-state index in [2.05, 4.69) is 10.3 Å². The van der Waals surface area contributed by atoms with Crippen LogP contribution in [0.2, 0.25) is 0 Å². The molecule has 1 fully saturated rings. The molecule has 12 heteroatoms. The van der Waals surface area contributed by atoms with Crippen LogP contribution in [-0.2, 0) is 23.8 Å². The van der Waals surface area contributed by atoms with Crippen LogP contribution in [0.3, 0.4) is 0 Å². The zero-order valence-electron chi connectivity index (χ0n) is 19.3. The monoisotopic (exact) mass is 521 g/mol. The number of thioether (sulfide) groups is 1. The second-order valence-corrected chi connectivity index (χ2v) is 9.29. The number of carbonyl (C=O) groups is 2. The number of aromatic nitrogens is 3. The molecule has 4 atom stereocenters. The van der Waals surface area contributed by atoms with Crippen molar-refractivity contribution in [1.29, 1.82) is 0 Å². The maximum atomic E-state index is 13.8. The minimum atomic E-state index is -1.58. The van der Waals surface area contributed by atoms with E-state index in [9.17, 15) is 22.8 Å². The maximum Gasteiger partial charge on any atom is 0.303 e. The Kier molecular flexibility index (Phi) is 7.94. The first-order chi connectivity index (χ1) is 17.2. The number of hydrogen-bond donors (Lipinski definition) is 0. The number of carbonyl (C=O) groups excluding carboxylic acids is 2. The van der Waals surface area contributed by atoms with Crippen molar-refractivity contribution in [2.75, 3.05) is 6.61 Å². The van der Waals surface area contributed by atoms with Crippen LogP contribution in [0.15, 0.2) is 53.6 Å². The lowest BCUT2D eigenvalue weighted by atomic mass is 9.99. The number of esters is 2. The molecule has 36 heavy (non-hydrogen) atoms. The Morgan fingerprint density at radius 2 is 1.81 bits per heavy atom. The fourth-order valence-electron chi connectivity index (χ4n) is 3.85. The summed E-state index contributed by atoms with van der Waals surface area (Å²) in [6.07, 6.45) is -0.00813. The molecule has 8 nitrogen and oxygen atoms in total. The van der Waals surface area contributed by atoms with Gasteiger partial charge < -0.3 is 14.2 Å². The Bertz CT molecular complexity index is 1220. The summed E-state index contributed by atoms with van der Waals surface area (Å²) in [4.78, 5) is 24.3. The van der Waals surface area contributed by atoms with Crippen LogP contribution in [0, 0.1) is 17.5 Å². The van der Waals surface area contributed by atoms with Gasteiger partial charge in [0.15, 0.2) is 23.6 Å². The predicted octanol–water partition coefficient (Wildman–Crippen LogP) is 4.31. The van der Waals surface area contributed by atoms with E-state index in [1.807, 2.05) is 30.3 Å². The Morgan fingerprint density at radius 1 is 1.11 bits per heavy atom. The number of nitrogens with zero attached hydrogens (tertiary/aromatic N) is 3. The van der Waals surface area contributed by atoms with Crippen molar-refractivity contribution >= 4 is 23.7 Å². The summed E-state index contributed by atoms with van der Waals surface area (Å²) in [6, 6.07) is 10.5. The Hall–Kier alpha value is -3.38. The molecular weight excluding hydrogens is 499 g/mol. The van der Waals surface area contributed by atoms with E-state index in [1.54, 1.807) is 0 Å². The van der Waals surface area contributed by atoms with Crippen LogP contribution < -0.4 is 0 Å². The van der Waals surface area contributed by atoms with Gasteiger partial charge in [0, 0.05) is 30.7 Å². The molecule has 2 heterocycles. The number of halogens is 3. The number of benzene rings is 2. The maximum absolute atomic E-state index is 13.8. The molecule has 190 valence electrons. The van der Waals surface area contributed by atoms with Crippen LogP contribution in [0.4, 0.5) is 13.2 Å². The first-order valence-electron chi connectivity index (χ1n) is 11.0. The van der Waals surface area contributed by atoms with Crippen molar-refractivity contribution in [2.45, 2.75) is 48.8 Å². The van der Waals surface area contributed by atoms with Crippen molar-refractivity contribution in [3.05, 3.63) is 66.1 Å². The van der Waals surface area contributed by atoms with Crippen molar-refractivity contribution < 1.29 is 37.0 Å². The lowest BCUT2D eigenvalue weighted by molar-refractivity contribution is -0.182. The number of hydrogen-bond acceptors (Lipinski definition) is 8. The molecule has 1 aliphatic rings. The molecule has 0 radical (unpaired) electrons. The van der Waals surface area contributed by atoms with Crippen molar-refractivity contribution in [3.63, 3.8) is 0 Å². The van der Waals surface area contributed by atoms with Gasteiger partial charge in [-0.1, -0.05) is 35.2 Å². The van der Waals surface area contributed by atoms with Gasteiger partial charge >= 0.3 is 11.9 Å². The van der Waals surface area contributed by atoms with Crippen LogP contribution in [0.5, 0.6) is 0 Å². The Morgan fingerprint density at radius 3 is 2.44 bits per heavy atom. The van der Waals surface area contributed by atoms with Gasteiger partial charge in [-0.2, -0.15) is 0 Å². The fourth-order valence-corrected chi connectivity index (χ4v) is 4.96. The summed E-state index contributed by atoms with van der Waals surface area (Å²) in [6.45, 7) is 2.31. The first kappa shape index (κ1) is 25.7. The standard InChI is InChI=1S/C24H22F3N3O5S/c1-13(31)33-12-21-24(34-14(2)32)20(10-22(35-21)36-16-6-4-3-5-7-16)30-11-19(28-29-30)15-8-17(25)23(27)18(26)9-15/h3-9,11,20-22,24H,10,12H2,1-2H3/t20-,21-,22-,24+/m1/s1. The third-order valence-corrected chi connectivity index (χ3v) is 6.51. The molecule has 0 bridgehead atoms. The first-order valence-corrected chi connectivity index (χ1v) is 11.8. The van der Waals surface area contributed by atoms with Gasteiger partial charge in [-0.3, -0.25) is 9.59 Å². The molecule has 0 spiro atoms. The van der Waals surface area contributed by atoms with Crippen LogP contribution in [-0.4, -0.2) is 51.2 Å². The van der Waals surface area contributed by atoms with Crippen LogP contribution >= 0.6 is 11.8 Å². The molecule has 0 amide bonds. The number of rotatable bonds is 7. The van der Waals surface area contributed by atoms with Crippen LogP contribution in [0.1, 0.15) is 26.3 Å². The summed E-state index contributed by atoms with van der Waals surface area (Å²) in [5, 5.41) is 8.07. The smallest absolute Gasteiger partial charge is 0.303 e. The quantitative estimate of drug-likeness (QED) is 0.336. The minimum absolute atomic E-state index is 0.0135. The van der Waals surface area contributed by atoms with E-state index in [1.165, 1.54) is 36.5 Å². The highest BCUT2D eigenvalue weighted by atomic mass is 32.2. The third kappa shape index (κ3) is 6.05. The molecule has 1 saturated heterocycles. The highest BCUT2D eigenvalue weighted by molar-refractivity contribution is 7.99. The molecule has 1 aromatic heterocycles. The lowest BCUT2D eigenvalue weighted by Gasteiger charge is -2.40. The Balaban J connectivity index is 1.67. The SMILES string of the molecule is CC(=O)OC[C@H]1O[C@H](Sc2ccccc2)C[C@@H](n2cc(-c3cc(F)c(F)c(F)c3)nn2)[C@@H]1OC(C)=O. The predicted molar refractivity (Wildman–Crippen MR) is 122 cm³/mol. The van der Waals surface area contributed by atoms with E-state index < -0.39 is 53.1 Å². The third-order valence-electron chi connectivity index (χ3n) is 5.40. The summed E-state index contributed by atoms with van der Waals surface area (Å²) >= 11 is 1.43. The normalized spacial score (nSPS) is 21.7. The van der Waals surface area contributed by atoms with Gasteiger partial charge in [0.05, 0.1) is 12.2 Å². The molecule has 3 aromatic rings. The lowest BCUT2D eigenvalue weighted by Crippen LogP contribution is -2.49. The molecular formula is C24H22F3N3O5S. The molecule has 0 N–H and O–H groups in total. The zero-order valence-corrected chi connectivity index (χ0v) is 20.1. The average molecular weight is 522 g/mol. The average Bonchev–Trinajstić information content (AvgIpc) is 3.32. The molecule has 1 aliphatic heterocycles. The highest BCUT2D eigenvalue weighted by Gasteiger charge is 2.43. The topological polar surface area (TPSA) is 92.5 Å². The Labute approximate surface area is 208 Å². The van der Waals surface area contributed by atoms with E-state index in [4.69, 9.17) is 14.2 Å². The molecule has 4 rings (SSSR count). The van der Waals surface area contributed by atoms with Gasteiger partial charge in [-0.25, -0.2) is 17.9 Å². The second kappa shape index (κ2) is 11.1. The summed E-state index contributed by atoms with van der Waals surface area (Å²) in [5.41, 5.74) is -0.372. The van der Waals surface area contributed by atoms with Gasteiger partial charge in [-0.15, -0.1) is 5.10 Å².